The minimum Gasteiger partial charge on any atom is -0.326 e. The third-order valence-corrected chi connectivity index (χ3v) is 5.42. The van der Waals surface area contributed by atoms with Crippen LogP contribution in [0.15, 0.2) is 47.8 Å². The molecule has 0 radical (unpaired) electrons. The third-order valence-electron chi connectivity index (χ3n) is 4.37. The third kappa shape index (κ3) is 5.18. The molecule has 5 nitrogen and oxygen atoms in total. The Bertz CT molecular complexity index is 999. The van der Waals surface area contributed by atoms with Gasteiger partial charge in [-0.2, -0.15) is 0 Å². The van der Waals surface area contributed by atoms with Crippen LogP contribution in [0, 0.1) is 13.8 Å². The van der Waals surface area contributed by atoms with Gasteiger partial charge in [-0.1, -0.05) is 23.7 Å². The van der Waals surface area contributed by atoms with Gasteiger partial charge in [0.25, 0.3) is 5.91 Å². The number of amides is 2. The van der Waals surface area contributed by atoms with Gasteiger partial charge in [-0.3, -0.25) is 14.9 Å². The Morgan fingerprint density at radius 1 is 1.07 bits per heavy atom. The number of anilines is 2. The molecule has 28 heavy (non-hydrogen) atoms. The Kier molecular flexibility index (Phi) is 6.44. The van der Waals surface area contributed by atoms with Gasteiger partial charge in [0.1, 0.15) is 0 Å². The van der Waals surface area contributed by atoms with Crippen molar-refractivity contribution in [3.63, 3.8) is 0 Å². The average molecular weight is 414 g/mol. The molecule has 7 heteroatoms. The van der Waals surface area contributed by atoms with E-state index in [1.165, 1.54) is 11.3 Å². The minimum atomic E-state index is -0.245. The first-order valence-corrected chi connectivity index (χ1v) is 10.1. The summed E-state index contributed by atoms with van der Waals surface area (Å²) in [5.74, 6) is -0.307. The number of halogens is 1. The van der Waals surface area contributed by atoms with E-state index in [9.17, 15) is 9.59 Å². The Hall–Kier alpha value is -2.70. The molecule has 0 fully saturated rings. The maximum absolute atomic E-state index is 12.2. The molecule has 0 unspecified atom stereocenters. The second-order valence-electron chi connectivity index (χ2n) is 6.40. The van der Waals surface area contributed by atoms with Gasteiger partial charge in [-0.25, -0.2) is 4.98 Å². The highest BCUT2D eigenvalue weighted by molar-refractivity contribution is 7.14. The number of thiazole rings is 1. The number of carbonyl (C=O) groups is 2. The molecular formula is C21H20ClN3O2S. The second kappa shape index (κ2) is 8.99. The second-order valence-corrected chi connectivity index (χ2v) is 7.70. The highest BCUT2D eigenvalue weighted by Gasteiger charge is 2.11. The topological polar surface area (TPSA) is 71.1 Å². The lowest BCUT2D eigenvalue weighted by Crippen LogP contribution is -2.14. The number of hydrogen-bond donors (Lipinski definition) is 2. The summed E-state index contributed by atoms with van der Waals surface area (Å²) in [6.45, 7) is 4.00. The average Bonchev–Trinajstić information content (AvgIpc) is 3.11. The lowest BCUT2D eigenvalue weighted by atomic mass is 10.1. The molecule has 0 saturated heterocycles. The number of aromatic nitrogens is 1. The summed E-state index contributed by atoms with van der Waals surface area (Å²) in [6, 6.07) is 12.5. The van der Waals surface area contributed by atoms with Crippen LogP contribution in [0.1, 0.15) is 33.6 Å². The maximum atomic E-state index is 12.2. The van der Waals surface area contributed by atoms with Crippen molar-refractivity contribution in [1.82, 2.24) is 4.98 Å². The molecular weight excluding hydrogens is 394 g/mol. The van der Waals surface area contributed by atoms with Crippen molar-refractivity contribution in [1.29, 1.82) is 0 Å². The van der Waals surface area contributed by atoms with E-state index in [2.05, 4.69) is 15.6 Å². The van der Waals surface area contributed by atoms with Crippen LogP contribution < -0.4 is 10.6 Å². The van der Waals surface area contributed by atoms with E-state index in [1.807, 2.05) is 37.4 Å². The Labute approximate surface area is 172 Å². The molecule has 0 saturated carbocycles. The predicted molar refractivity (Wildman–Crippen MR) is 114 cm³/mol. The van der Waals surface area contributed by atoms with E-state index in [-0.39, 0.29) is 11.8 Å². The number of aryl methyl sites for hydroxylation is 2. The van der Waals surface area contributed by atoms with Crippen LogP contribution in [0.2, 0.25) is 5.02 Å². The van der Waals surface area contributed by atoms with Crippen molar-refractivity contribution in [3.8, 4) is 0 Å². The monoisotopic (exact) mass is 413 g/mol. The van der Waals surface area contributed by atoms with Gasteiger partial charge in [-0.15, -0.1) is 11.3 Å². The van der Waals surface area contributed by atoms with Gasteiger partial charge in [0, 0.05) is 28.1 Å². The van der Waals surface area contributed by atoms with Crippen molar-refractivity contribution in [2.24, 2.45) is 0 Å². The molecule has 2 N–H and O–H groups in total. The van der Waals surface area contributed by atoms with Crippen molar-refractivity contribution in [2.75, 3.05) is 10.6 Å². The first-order valence-electron chi connectivity index (χ1n) is 8.80. The highest BCUT2D eigenvalue weighted by atomic mass is 35.5. The summed E-state index contributed by atoms with van der Waals surface area (Å²) in [5, 5.41) is 8.64. The number of carbonyl (C=O) groups excluding carboxylic acids is 2. The van der Waals surface area contributed by atoms with E-state index in [1.54, 1.807) is 24.3 Å². The maximum Gasteiger partial charge on any atom is 0.257 e. The van der Waals surface area contributed by atoms with Gasteiger partial charge >= 0.3 is 0 Å². The van der Waals surface area contributed by atoms with Gasteiger partial charge in [0.05, 0.1) is 5.69 Å². The minimum absolute atomic E-state index is 0.0616. The van der Waals surface area contributed by atoms with Crippen LogP contribution in [-0.2, 0) is 11.2 Å². The molecule has 144 valence electrons. The van der Waals surface area contributed by atoms with E-state index < -0.39 is 0 Å². The molecule has 3 aromatic rings. The first-order chi connectivity index (χ1) is 13.4. The SMILES string of the molecule is Cc1cccc(NC(=O)CCc2csc(NC(=O)c3ccc(Cl)cc3)n2)c1C. The van der Waals surface area contributed by atoms with E-state index in [0.717, 1.165) is 22.5 Å². The molecule has 1 heterocycles. The van der Waals surface area contributed by atoms with E-state index in [0.29, 0.717) is 28.6 Å². The van der Waals surface area contributed by atoms with Crippen LogP contribution >= 0.6 is 22.9 Å². The van der Waals surface area contributed by atoms with Gasteiger partial charge < -0.3 is 5.32 Å². The molecule has 1 aromatic heterocycles. The summed E-state index contributed by atoms with van der Waals surface area (Å²) in [4.78, 5) is 28.8. The summed E-state index contributed by atoms with van der Waals surface area (Å²) >= 11 is 7.17. The zero-order chi connectivity index (χ0) is 20.1. The molecule has 0 aliphatic rings. The summed E-state index contributed by atoms with van der Waals surface area (Å²) in [6.07, 6.45) is 0.825. The van der Waals surface area contributed by atoms with Crippen molar-refractivity contribution >= 4 is 45.6 Å². The zero-order valence-corrected chi connectivity index (χ0v) is 17.2. The Morgan fingerprint density at radius 3 is 2.57 bits per heavy atom. The predicted octanol–water partition coefficient (Wildman–Crippen LogP) is 5.24. The molecule has 2 aromatic carbocycles. The van der Waals surface area contributed by atoms with Crippen molar-refractivity contribution in [2.45, 2.75) is 26.7 Å². The lowest BCUT2D eigenvalue weighted by molar-refractivity contribution is -0.116. The van der Waals surface area contributed by atoms with Gasteiger partial charge in [0.2, 0.25) is 5.91 Å². The molecule has 3 rings (SSSR count). The van der Waals surface area contributed by atoms with Crippen molar-refractivity contribution < 1.29 is 9.59 Å². The van der Waals surface area contributed by atoms with Crippen LogP contribution in [-0.4, -0.2) is 16.8 Å². The summed E-state index contributed by atoms with van der Waals surface area (Å²) < 4.78 is 0. The van der Waals surface area contributed by atoms with Crippen LogP contribution in [0.3, 0.4) is 0 Å². The fraction of sp³-hybridized carbons (Fsp3) is 0.190. The molecule has 0 atom stereocenters. The molecule has 0 spiro atoms. The van der Waals surface area contributed by atoms with Crippen LogP contribution in [0.25, 0.3) is 0 Å². The van der Waals surface area contributed by atoms with E-state index in [4.69, 9.17) is 11.6 Å². The summed E-state index contributed by atoms with van der Waals surface area (Å²) in [7, 11) is 0. The van der Waals surface area contributed by atoms with Crippen LogP contribution in [0.5, 0.6) is 0 Å². The molecule has 0 aliphatic carbocycles. The fourth-order valence-electron chi connectivity index (χ4n) is 2.59. The molecule has 2 amide bonds. The van der Waals surface area contributed by atoms with Gasteiger partial charge in [0.15, 0.2) is 5.13 Å². The van der Waals surface area contributed by atoms with Crippen LogP contribution in [0.4, 0.5) is 10.8 Å². The molecule has 0 bridgehead atoms. The Morgan fingerprint density at radius 2 is 1.82 bits per heavy atom. The summed E-state index contributed by atoms with van der Waals surface area (Å²) in [5.41, 5.74) is 4.32. The number of nitrogens with one attached hydrogen (secondary N) is 2. The fourth-order valence-corrected chi connectivity index (χ4v) is 3.46. The lowest BCUT2D eigenvalue weighted by Gasteiger charge is -2.09. The quantitative estimate of drug-likeness (QED) is 0.580. The molecule has 0 aliphatic heterocycles. The number of rotatable bonds is 6. The van der Waals surface area contributed by atoms with E-state index >= 15 is 0 Å². The first kappa shape index (κ1) is 20.0. The number of hydrogen-bond acceptors (Lipinski definition) is 4. The normalized spacial score (nSPS) is 10.5. The van der Waals surface area contributed by atoms with Crippen molar-refractivity contribution in [3.05, 3.63) is 75.3 Å². The number of nitrogens with zero attached hydrogens (tertiary/aromatic N) is 1. The standard InChI is InChI=1S/C21H20ClN3O2S/c1-13-4-3-5-18(14(13)2)24-19(26)11-10-17-12-28-21(23-17)25-20(27)15-6-8-16(22)9-7-15/h3-9,12H,10-11H2,1-2H3,(H,24,26)(H,23,25,27). The number of benzene rings is 2. The zero-order valence-electron chi connectivity index (χ0n) is 15.6. The van der Waals surface area contributed by atoms with Gasteiger partial charge in [-0.05, 0) is 61.7 Å². The highest BCUT2D eigenvalue weighted by Crippen LogP contribution is 2.20. The largest absolute Gasteiger partial charge is 0.326 e. The Balaban J connectivity index is 1.53. The smallest absolute Gasteiger partial charge is 0.257 e.